The lowest BCUT2D eigenvalue weighted by Crippen LogP contribution is -2.43. The van der Waals surface area contributed by atoms with E-state index >= 15 is 0 Å². The molecule has 0 fully saturated rings. The maximum Gasteiger partial charge on any atom is 0.262 e. The van der Waals surface area contributed by atoms with E-state index in [1.54, 1.807) is 11.6 Å². The van der Waals surface area contributed by atoms with Crippen LogP contribution in [0.5, 0.6) is 0 Å². The SMILES string of the molecule is Cn1cnc(S(=O)(=O)N2CCc3ccccc3C2CN)c1. The number of hydrogen-bond donors (Lipinski definition) is 1. The van der Waals surface area contributed by atoms with Gasteiger partial charge >= 0.3 is 0 Å². The molecule has 1 aromatic heterocycles. The van der Waals surface area contributed by atoms with Crippen molar-refractivity contribution in [2.75, 3.05) is 13.1 Å². The van der Waals surface area contributed by atoms with Crippen LogP contribution < -0.4 is 5.73 Å². The molecule has 0 bridgehead atoms. The molecule has 1 aliphatic rings. The minimum atomic E-state index is -3.62. The van der Waals surface area contributed by atoms with Gasteiger partial charge in [0, 0.05) is 26.3 Å². The molecule has 1 aliphatic heterocycles. The van der Waals surface area contributed by atoms with Crippen LogP contribution in [-0.2, 0) is 23.5 Å². The molecule has 0 saturated heterocycles. The predicted molar refractivity (Wildman–Crippen MR) is 79.0 cm³/mol. The van der Waals surface area contributed by atoms with Crippen molar-refractivity contribution in [1.29, 1.82) is 0 Å². The number of sulfonamides is 1. The summed E-state index contributed by atoms with van der Waals surface area (Å²) in [4.78, 5) is 3.98. The number of nitrogens with zero attached hydrogens (tertiary/aromatic N) is 3. The summed E-state index contributed by atoms with van der Waals surface area (Å²) in [5, 5.41) is 0.0721. The smallest absolute Gasteiger partial charge is 0.262 e. The second-order valence-electron chi connectivity index (χ2n) is 5.19. The normalized spacial score (nSPS) is 19.4. The quantitative estimate of drug-likeness (QED) is 0.903. The zero-order chi connectivity index (χ0) is 15.0. The van der Waals surface area contributed by atoms with E-state index in [0.717, 1.165) is 5.56 Å². The van der Waals surface area contributed by atoms with Crippen molar-refractivity contribution in [2.24, 2.45) is 12.8 Å². The first-order chi connectivity index (χ1) is 10.0. The number of fused-ring (bicyclic) bond motifs is 1. The second kappa shape index (κ2) is 5.25. The van der Waals surface area contributed by atoms with E-state index in [9.17, 15) is 8.42 Å². The maximum absolute atomic E-state index is 12.8. The highest BCUT2D eigenvalue weighted by Gasteiger charge is 2.36. The number of hydrogen-bond acceptors (Lipinski definition) is 4. The fourth-order valence-corrected chi connectivity index (χ4v) is 4.39. The Morgan fingerprint density at radius 2 is 2.14 bits per heavy atom. The topological polar surface area (TPSA) is 81.2 Å². The van der Waals surface area contributed by atoms with E-state index in [4.69, 9.17) is 5.73 Å². The summed E-state index contributed by atoms with van der Waals surface area (Å²) in [6.45, 7) is 0.681. The summed E-state index contributed by atoms with van der Waals surface area (Å²) in [5.74, 6) is 0. The molecule has 112 valence electrons. The Hall–Kier alpha value is -1.70. The van der Waals surface area contributed by atoms with Crippen molar-refractivity contribution in [3.63, 3.8) is 0 Å². The van der Waals surface area contributed by atoms with Gasteiger partial charge in [-0.15, -0.1) is 0 Å². The third-order valence-corrected chi connectivity index (χ3v) is 5.63. The van der Waals surface area contributed by atoms with E-state index < -0.39 is 10.0 Å². The van der Waals surface area contributed by atoms with Crippen LogP contribution >= 0.6 is 0 Å². The van der Waals surface area contributed by atoms with Gasteiger partial charge in [-0.05, 0) is 17.5 Å². The van der Waals surface area contributed by atoms with Crippen LogP contribution in [-0.4, -0.2) is 35.4 Å². The molecule has 7 heteroatoms. The molecule has 3 rings (SSSR count). The highest BCUT2D eigenvalue weighted by Crippen LogP contribution is 2.32. The highest BCUT2D eigenvalue weighted by atomic mass is 32.2. The fourth-order valence-electron chi connectivity index (χ4n) is 2.80. The number of aromatic nitrogens is 2. The molecule has 2 heterocycles. The fraction of sp³-hybridized carbons (Fsp3) is 0.357. The average Bonchev–Trinajstić information content (AvgIpc) is 2.93. The summed E-state index contributed by atoms with van der Waals surface area (Å²) in [7, 11) is -1.88. The van der Waals surface area contributed by atoms with E-state index in [-0.39, 0.29) is 17.6 Å². The maximum atomic E-state index is 12.8. The number of imidazole rings is 1. The molecule has 0 radical (unpaired) electrons. The van der Waals surface area contributed by atoms with Crippen LogP contribution in [0.3, 0.4) is 0 Å². The summed E-state index contributed by atoms with van der Waals surface area (Å²) in [6, 6.07) is 7.53. The lowest BCUT2D eigenvalue weighted by Gasteiger charge is -2.35. The number of aryl methyl sites for hydroxylation is 1. The molecular weight excluding hydrogens is 288 g/mol. The molecular formula is C14H18N4O2S. The van der Waals surface area contributed by atoms with Crippen LogP contribution in [0.25, 0.3) is 0 Å². The van der Waals surface area contributed by atoms with Gasteiger partial charge in [-0.3, -0.25) is 0 Å². The molecule has 0 spiro atoms. The molecule has 6 nitrogen and oxygen atoms in total. The number of benzene rings is 1. The van der Waals surface area contributed by atoms with Crippen molar-refractivity contribution in [2.45, 2.75) is 17.5 Å². The van der Waals surface area contributed by atoms with Crippen molar-refractivity contribution in [3.05, 3.63) is 47.9 Å². The van der Waals surface area contributed by atoms with Gasteiger partial charge in [0.25, 0.3) is 10.0 Å². The van der Waals surface area contributed by atoms with Gasteiger partial charge in [0.2, 0.25) is 0 Å². The van der Waals surface area contributed by atoms with Crippen LogP contribution in [0.2, 0.25) is 0 Å². The Bertz CT molecular complexity index is 754. The monoisotopic (exact) mass is 306 g/mol. The summed E-state index contributed by atoms with van der Waals surface area (Å²) >= 11 is 0. The number of nitrogens with two attached hydrogens (primary N) is 1. The molecule has 1 atom stereocenters. The highest BCUT2D eigenvalue weighted by molar-refractivity contribution is 7.89. The zero-order valence-corrected chi connectivity index (χ0v) is 12.6. The van der Waals surface area contributed by atoms with Crippen LogP contribution in [0.4, 0.5) is 0 Å². The van der Waals surface area contributed by atoms with Crippen LogP contribution in [0.1, 0.15) is 17.2 Å². The average molecular weight is 306 g/mol. The van der Waals surface area contributed by atoms with Crippen molar-refractivity contribution < 1.29 is 8.42 Å². The Morgan fingerprint density at radius 1 is 1.38 bits per heavy atom. The van der Waals surface area contributed by atoms with Gasteiger partial charge in [0.1, 0.15) is 0 Å². The lowest BCUT2D eigenvalue weighted by atomic mass is 9.94. The molecule has 21 heavy (non-hydrogen) atoms. The third-order valence-electron chi connectivity index (χ3n) is 3.84. The largest absolute Gasteiger partial charge is 0.339 e. The molecule has 1 aromatic carbocycles. The van der Waals surface area contributed by atoms with Gasteiger partial charge in [0.15, 0.2) is 5.03 Å². The summed E-state index contributed by atoms with van der Waals surface area (Å²) < 4.78 is 28.6. The van der Waals surface area contributed by atoms with E-state index in [1.807, 2.05) is 24.3 Å². The van der Waals surface area contributed by atoms with E-state index in [0.29, 0.717) is 13.0 Å². The molecule has 0 saturated carbocycles. The summed E-state index contributed by atoms with van der Waals surface area (Å²) in [6.07, 6.45) is 3.70. The molecule has 2 aromatic rings. The molecule has 1 unspecified atom stereocenters. The first kappa shape index (κ1) is 14.2. The zero-order valence-electron chi connectivity index (χ0n) is 11.8. The van der Waals surface area contributed by atoms with Crippen molar-refractivity contribution in [1.82, 2.24) is 13.9 Å². The van der Waals surface area contributed by atoms with Crippen LogP contribution in [0, 0.1) is 0 Å². The Morgan fingerprint density at radius 3 is 2.81 bits per heavy atom. The third kappa shape index (κ3) is 2.37. The van der Waals surface area contributed by atoms with E-state index in [2.05, 4.69) is 4.98 Å². The van der Waals surface area contributed by atoms with Crippen molar-refractivity contribution >= 4 is 10.0 Å². The standard InChI is InChI=1S/C14H18N4O2S/c1-17-9-14(16-10-17)21(19,20)18-7-6-11-4-2-3-5-12(11)13(18)8-15/h2-5,9-10,13H,6-8,15H2,1H3. The van der Waals surface area contributed by atoms with Gasteiger partial charge in [-0.25, -0.2) is 13.4 Å². The van der Waals surface area contributed by atoms with Gasteiger partial charge in [0.05, 0.1) is 12.4 Å². The minimum absolute atomic E-state index is 0.0721. The second-order valence-corrected chi connectivity index (χ2v) is 7.03. The Labute approximate surface area is 124 Å². The first-order valence-electron chi connectivity index (χ1n) is 6.81. The molecule has 2 N–H and O–H groups in total. The van der Waals surface area contributed by atoms with Gasteiger partial charge < -0.3 is 10.3 Å². The van der Waals surface area contributed by atoms with E-state index in [1.165, 1.54) is 22.4 Å². The van der Waals surface area contributed by atoms with Crippen LogP contribution in [0.15, 0.2) is 41.8 Å². The molecule has 0 amide bonds. The summed E-state index contributed by atoms with van der Waals surface area (Å²) in [5.41, 5.74) is 8.02. The first-order valence-corrected chi connectivity index (χ1v) is 8.25. The van der Waals surface area contributed by atoms with Crippen molar-refractivity contribution in [3.8, 4) is 0 Å². The Balaban J connectivity index is 2.03. The van der Waals surface area contributed by atoms with Gasteiger partial charge in [-0.1, -0.05) is 24.3 Å². The minimum Gasteiger partial charge on any atom is -0.339 e. The number of rotatable bonds is 3. The predicted octanol–water partition coefficient (Wildman–Crippen LogP) is 0.667. The molecule has 0 aliphatic carbocycles. The Kier molecular flexibility index (Phi) is 3.56. The lowest BCUT2D eigenvalue weighted by molar-refractivity contribution is 0.312. The van der Waals surface area contributed by atoms with Gasteiger partial charge in [-0.2, -0.15) is 4.31 Å².